The Hall–Kier alpha value is -1.15. The van der Waals surface area contributed by atoms with Crippen LogP contribution in [0.1, 0.15) is 10.4 Å². The molecule has 0 radical (unpaired) electrons. The first-order valence-corrected chi connectivity index (χ1v) is 5.03. The van der Waals surface area contributed by atoms with Gasteiger partial charge in [0.15, 0.2) is 6.61 Å². The van der Waals surface area contributed by atoms with E-state index in [4.69, 9.17) is 0 Å². The third-order valence-corrected chi connectivity index (χ3v) is 2.27. The van der Waals surface area contributed by atoms with Gasteiger partial charge in [-0.3, -0.25) is 9.63 Å². The van der Waals surface area contributed by atoms with Crippen LogP contribution in [0, 0.1) is 5.82 Å². The fourth-order valence-electron chi connectivity index (χ4n) is 0.910. The minimum atomic E-state index is -4.55. The van der Waals surface area contributed by atoms with Crippen molar-refractivity contribution >= 4 is 21.8 Å². The lowest BCUT2D eigenvalue weighted by Crippen LogP contribution is -2.29. The summed E-state index contributed by atoms with van der Waals surface area (Å²) in [4.78, 5) is 15.2. The molecule has 0 unspecified atom stereocenters. The van der Waals surface area contributed by atoms with Crippen molar-refractivity contribution in [3.05, 3.63) is 34.1 Å². The number of carbonyl (C=O) groups is 1. The molecule has 1 amide bonds. The Labute approximate surface area is 102 Å². The van der Waals surface area contributed by atoms with E-state index >= 15 is 0 Å². The van der Waals surface area contributed by atoms with Gasteiger partial charge in [0.25, 0.3) is 5.91 Å². The van der Waals surface area contributed by atoms with Gasteiger partial charge in [0.1, 0.15) is 5.82 Å². The van der Waals surface area contributed by atoms with E-state index in [-0.39, 0.29) is 10.0 Å². The van der Waals surface area contributed by atoms with E-state index in [1.807, 2.05) is 0 Å². The van der Waals surface area contributed by atoms with Crippen molar-refractivity contribution < 1.29 is 27.2 Å². The second-order valence-electron chi connectivity index (χ2n) is 2.96. The largest absolute Gasteiger partial charge is 0.414 e. The third-order valence-electron chi connectivity index (χ3n) is 1.57. The first-order valence-electron chi connectivity index (χ1n) is 4.23. The molecule has 0 spiro atoms. The van der Waals surface area contributed by atoms with E-state index in [1.54, 1.807) is 5.48 Å². The number of carbonyl (C=O) groups excluding carboxylic acids is 1. The van der Waals surface area contributed by atoms with Crippen LogP contribution in [0.15, 0.2) is 22.7 Å². The molecule has 1 aromatic rings. The summed E-state index contributed by atoms with van der Waals surface area (Å²) in [5.74, 6) is -1.66. The Bertz CT molecular complexity index is 422. The Kier molecular flexibility index (Phi) is 4.47. The summed E-state index contributed by atoms with van der Waals surface area (Å²) in [6.45, 7) is -1.62. The molecule has 1 N–H and O–H groups in total. The van der Waals surface area contributed by atoms with Crippen LogP contribution >= 0.6 is 15.9 Å². The van der Waals surface area contributed by atoms with Crippen LogP contribution in [0.2, 0.25) is 0 Å². The smallest absolute Gasteiger partial charge is 0.267 e. The molecule has 0 aromatic heterocycles. The quantitative estimate of drug-likeness (QED) is 0.688. The maximum absolute atomic E-state index is 12.8. The lowest BCUT2D eigenvalue weighted by Gasteiger charge is -2.09. The minimum Gasteiger partial charge on any atom is -0.267 e. The van der Waals surface area contributed by atoms with Crippen molar-refractivity contribution in [3.8, 4) is 0 Å². The van der Waals surface area contributed by atoms with Gasteiger partial charge < -0.3 is 0 Å². The van der Waals surface area contributed by atoms with Crippen molar-refractivity contribution in [3.63, 3.8) is 0 Å². The summed E-state index contributed by atoms with van der Waals surface area (Å²) >= 11 is 2.96. The average Bonchev–Trinajstić information content (AvgIpc) is 2.19. The zero-order valence-electron chi connectivity index (χ0n) is 8.15. The van der Waals surface area contributed by atoms with E-state index in [9.17, 15) is 22.4 Å². The highest BCUT2D eigenvalue weighted by Crippen LogP contribution is 2.18. The van der Waals surface area contributed by atoms with E-state index in [1.165, 1.54) is 6.07 Å². The van der Waals surface area contributed by atoms with Crippen LogP contribution in [-0.4, -0.2) is 18.7 Å². The van der Waals surface area contributed by atoms with E-state index in [2.05, 4.69) is 20.8 Å². The third kappa shape index (κ3) is 4.70. The monoisotopic (exact) mass is 315 g/mol. The molecule has 0 atom stereocenters. The molecule has 0 fully saturated rings. The molecule has 0 heterocycles. The molecular weight excluding hydrogens is 310 g/mol. The predicted octanol–water partition coefficient (Wildman–Crippen LogP) is 2.81. The molecule has 0 saturated heterocycles. The lowest BCUT2D eigenvalue weighted by molar-refractivity contribution is -0.184. The summed E-state index contributed by atoms with van der Waals surface area (Å²) in [6.07, 6.45) is -4.55. The second kappa shape index (κ2) is 5.46. The van der Waals surface area contributed by atoms with Gasteiger partial charge in [0.2, 0.25) is 0 Å². The highest BCUT2D eigenvalue weighted by molar-refractivity contribution is 9.10. The lowest BCUT2D eigenvalue weighted by atomic mass is 10.2. The number of rotatable bonds is 3. The van der Waals surface area contributed by atoms with Crippen molar-refractivity contribution in [2.24, 2.45) is 0 Å². The number of hydrogen-bond acceptors (Lipinski definition) is 2. The van der Waals surface area contributed by atoms with Crippen molar-refractivity contribution in [2.45, 2.75) is 6.18 Å². The number of benzene rings is 1. The topological polar surface area (TPSA) is 38.3 Å². The summed E-state index contributed by atoms with van der Waals surface area (Å²) in [5, 5.41) is 0. The summed E-state index contributed by atoms with van der Waals surface area (Å²) in [6, 6.07) is 3.22. The summed E-state index contributed by atoms with van der Waals surface area (Å²) in [5.41, 5.74) is 1.41. The van der Waals surface area contributed by atoms with Gasteiger partial charge in [-0.05, 0) is 34.1 Å². The summed E-state index contributed by atoms with van der Waals surface area (Å²) < 4.78 is 48.2. The molecule has 0 aliphatic rings. The molecule has 94 valence electrons. The van der Waals surface area contributed by atoms with E-state index in [0.717, 1.165) is 12.1 Å². The van der Waals surface area contributed by atoms with Crippen molar-refractivity contribution in [1.29, 1.82) is 0 Å². The van der Waals surface area contributed by atoms with E-state index in [0.29, 0.717) is 0 Å². The molecule has 3 nitrogen and oxygen atoms in total. The van der Waals surface area contributed by atoms with Crippen LogP contribution in [-0.2, 0) is 4.84 Å². The zero-order chi connectivity index (χ0) is 13.1. The normalized spacial score (nSPS) is 11.4. The first kappa shape index (κ1) is 13.9. The molecular formula is C9H6BrF4NO2. The number of amides is 1. The van der Waals surface area contributed by atoms with Gasteiger partial charge >= 0.3 is 6.18 Å². The number of hydroxylamine groups is 1. The van der Waals surface area contributed by atoms with Gasteiger partial charge in [-0.1, -0.05) is 0 Å². The fourth-order valence-corrected chi connectivity index (χ4v) is 1.34. The Morgan fingerprint density at radius 3 is 2.65 bits per heavy atom. The zero-order valence-corrected chi connectivity index (χ0v) is 9.73. The van der Waals surface area contributed by atoms with Gasteiger partial charge in [-0.25, -0.2) is 9.87 Å². The van der Waals surface area contributed by atoms with Gasteiger partial charge in [0.05, 0.1) is 5.56 Å². The van der Waals surface area contributed by atoms with Crippen LogP contribution in [0.25, 0.3) is 0 Å². The molecule has 8 heteroatoms. The average molecular weight is 316 g/mol. The van der Waals surface area contributed by atoms with Crippen LogP contribution in [0.3, 0.4) is 0 Å². The van der Waals surface area contributed by atoms with Gasteiger partial charge in [-0.15, -0.1) is 0 Å². The van der Waals surface area contributed by atoms with Gasteiger partial charge in [0, 0.05) is 4.47 Å². The highest BCUT2D eigenvalue weighted by atomic mass is 79.9. The highest BCUT2D eigenvalue weighted by Gasteiger charge is 2.28. The second-order valence-corrected chi connectivity index (χ2v) is 3.81. The predicted molar refractivity (Wildman–Crippen MR) is 53.6 cm³/mol. The standard InChI is InChI=1S/C9H6BrF4NO2/c10-7-2-1-5(11)3-6(7)8(16)15-17-4-9(12,13)14/h1-3H,4H2,(H,15,16). The number of halogens is 5. The SMILES string of the molecule is O=C(NOCC(F)(F)F)c1cc(F)ccc1Br. The fraction of sp³-hybridized carbons (Fsp3) is 0.222. The maximum Gasteiger partial charge on any atom is 0.414 e. The summed E-state index contributed by atoms with van der Waals surface area (Å²) in [7, 11) is 0. The van der Waals surface area contributed by atoms with E-state index < -0.39 is 24.5 Å². The minimum absolute atomic E-state index is 0.160. The van der Waals surface area contributed by atoms with Crippen LogP contribution in [0.4, 0.5) is 17.6 Å². The number of alkyl halides is 3. The number of nitrogens with one attached hydrogen (secondary N) is 1. The maximum atomic E-state index is 12.8. The molecule has 0 bridgehead atoms. The van der Waals surface area contributed by atoms with Crippen molar-refractivity contribution in [2.75, 3.05) is 6.61 Å². The molecule has 17 heavy (non-hydrogen) atoms. The van der Waals surface area contributed by atoms with Crippen molar-refractivity contribution in [1.82, 2.24) is 5.48 Å². The van der Waals surface area contributed by atoms with Gasteiger partial charge in [-0.2, -0.15) is 13.2 Å². The molecule has 0 aliphatic heterocycles. The molecule has 1 rings (SSSR count). The molecule has 1 aromatic carbocycles. The first-order chi connectivity index (χ1) is 7.79. The molecule has 0 saturated carbocycles. The Morgan fingerprint density at radius 2 is 2.06 bits per heavy atom. The Balaban J connectivity index is 2.61. The van der Waals surface area contributed by atoms with Crippen LogP contribution < -0.4 is 5.48 Å². The Morgan fingerprint density at radius 1 is 1.41 bits per heavy atom. The molecule has 0 aliphatic carbocycles. The number of hydrogen-bond donors (Lipinski definition) is 1. The van der Waals surface area contributed by atoms with Crippen LogP contribution in [0.5, 0.6) is 0 Å².